The van der Waals surface area contributed by atoms with Crippen LogP contribution >= 0.6 is 0 Å². The normalized spacial score (nSPS) is 25.1. The van der Waals surface area contributed by atoms with Crippen LogP contribution in [-0.2, 0) is 6.54 Å². The summed E-state index contributed by atoms with van der Waals surface area (Å²) in [7, 11) is 0. The first-order chi connectivity index (χ1) is 10.3. The lowest BCUT2D eigenvalue weighted by Gasteiger charge is -2.34. The molecule has 1 aliphatic carbocycles. The van der Waals surface area contributed by atoms with E-state index in [4.69, 9.17) is 0 Å². The summed E-state index contributed by atoms with van der Waals surface area (Å²) in [5, 5.41) is 3.54. The summed E-state index contributed by atoms with van der Waals surface area (Å²) in [6.07, 6.45) is 10.3. The number of aryl methyl sites for hydroxylation is 1. The molecule has 1 saturated heterocycles. The van der Waals surface area contributed by atoms with E-state index in [1.165, 1.54) is 56.3 Å². The van der Waals surface area contributed by atoms with Gasteiger partial charge in [0.15, 0.2) is 0 Å². The van der Waals surface area contributed by atoms with E-state index in [1.54, 1.807) is 0 Å². The van der Waals surface area contributed by atoms with Crippen molar-refractivity contribution < 1.29 is 0 Å². The van der Waals surface area contributed by atoms with Crippen molar-refractivity contribution >= 4 is 5.69 Å². The van der Waals surface area contributed by atoms with E-state index in [1.807, 2.05) is 0 Å². The molecule has 21 heavy (non-hydrogen) atoms. The molecule has 0 bridgehead atoms. The van der Waals surface area contributed by atoms with Gasteiger partial charge in [-0.2, -0.15) is 0 Å². The van der Waals surface area contributed by atoms with Gasteiger partial charge >= 0.3 is 0 Å². The number of fused-ring (bicyclic) bond motifs is 1. The van der Waals surface area contributed by atoms with Crippen LogP contribution in [0.5, 0.6) is 0 Å². The van der Waals surface area contributed by atoms with Gasteiger partial charge in [0, 0.05) is 42.3 Å². The summed E-state index contributed by atoms with van der Waals surface area (Å²) in [6.45, 7) is 7.60. The van der Waals surface area contributed by atoms with Crippen LogP contribution in [0.1, 0.15) is 56.7 Å². The summed E-state index contributed by atoms with van der Waals surface area (Å²) in [5.74, 6) is 0.934. The molecule has 1 N–H and O–H groups in total. The molecule has 1 aromatic heterocycles. The standard InChI is InChI=1S/C18H29N3/c1-3-9-19-12-16-13-20-14(2)11-18(16)21-10-8-15-6-4-5-7-17(15)21/h11,13,15,17,19H,3-10,12H2,1-2H3. The first kappa shape index (κ1) is 14.8. The Labute approximate surface area is 129 Å². The summed E-state index contributed by atoms with van der Waals surface area (Å²) >= 11 is 0. The number of nitrogens with one attached hydrogen (secondary N) is 1. The van der Waals surface area contributed by atoms with Crippen LogP contribution in [0.4, 0.5) is 5.69 Å². The lowest BCUT2D eigenvalue weighted by atomic mass is 9.85. The minimum absolute atomic E-state index is 0.783. The highest BCUT2D eigenvalue weighted by Crippen LogP contribution is 2.39. The van der Waals surface area contributed by atoms with Gasteiger partial charge in [-0.25, -0.2) is 0 Å². The van der Waals surface area contributed by atoms with E-state index in [0.717, 1.165) is 30.7 Å². The van der Waals surface area contributed by atoms with Gasteiger partial charge in [-0.05, 0) is 51.1 Å². The van der Waals surface area contributed by atoms with Crippen LogP contribution in [0.3, 0.4) is 0 Å². The van der Waals surface area contributed by atoms with Gasteiger partial charge in [-0.1, -0.05) is 19.8 Å². The fraction of sp³-hybridized carbons (Fsp3) is 0.722. The Morgan fingerprint density at radius 3 is 3.00 bits per heavy atom. The Morgan fingerprint density at radius 2 is 2.14 bits per heavy atom. The fourth-order valence-electron chi connectivity index (χ4n) is 4.08. The van der Waals surface area contributed by atoms with Crippen LogP contribution in [0.15, 0.2) is 12.3 Å². The minimum atomic E-state index is 0.783. The first-order valence-corrected chi connectivity index (χ1v) is 8.72. The van der Waals surface area contributed by atoms with E-state index >= 15 is 0 Å². The summed E-state index contributed by atoms with van der Waals surface area (Å²) in [6, 6.07) is 3.09. The number of rotatable bonds is 5. The predicted octanol–water partition coefficient (Wildman–Crippen LogP) is 3.66. The molecule has 116 valence electrons. The Balaban J connectivity index is 1.81. The summed E-state index contributed by atoms with van der Waals surface area (Å²) < 4.78 is 0. The van der Waals surface area contributed by atoms with Crippen molar-refractivity contribution in [1.29, 1.82) is 0 Å². The highest BCUT2D eigenvalue weighted by molar-refractivity contribution is 5.55. The number of anilines is 1. The van der Waals surface area contributed by atoms with Gasteiger partial charge in [0.2, 0.25) is 0 Å². The maximum absolute atomic E-state index is 4.53. The van der Waals surface area contributed by atoms with Crippen molar-refractivity contribution in [3.63, 3.8) is 0 Å². The summed E-state index contributed by atoms with van der Waals surface area (Å²) in [4.78, 5) is 7.22. The van der Waals surface area contributed by atoms with E-state index in [2.05, 4.69) is 41.3 Å². The number of hydrogen-bond donors (Lipinski definition) is 1. The lowest BCUT2D eigenvalue weighted by molar-refractivity contribution is 0.342. The molecule has 2 aliphatic rings. The molecular weight excluding hydrogens is 258 g/mol. The molecular formula is C18H29N3. The summed E-state index contributed by atoms with van der Waals surface area (Å²) in [5.41, 5.74) is 3.96. The molecule has 1 aromatic rings. The maximum Gasteiger partial charge on any atom is 0.0448 e. The molecule has 3 nitrogen and oxygen atoms in total. The monoisotopic (exact) mass is 287 g/mol. The van der Waals surface area contributed by atoms with Crippen LogP contribution in [0.2, 0.25) is 0 Å². The number of pyridine rings is 1. The Morgan fingerprint density at radius 1 is 1.29 bits per heavy atom. The molecule has 0 radical (unpaired) electrons. The van der Waals surface area contributed by atoms with E-state index in [-0.39, 0.29) is 0 Å². The van der Waals surface area contributed by atoms with Crippen molar-refractivity contribution in [3.8, 4) is 0 Å². The van der Waals surface area contributed by atoms with Crippen molar-refractivity contribution in [1.82, 2.24) is 10.3 Å². The molecule has 0 aromatic carbocycles. The van der Waals surface area contributed by atoms with Crippen molar-refractivity contribution in [2.45, 2.75) is 65.0 Å². The molecule has 0 amide bonds. The van der Waals surface area contributed by atoms with Crippen molar-refractivity contribution in [3.05, 3.63) is 23.5 Å². The first-order valence-electron chi connectivity index (χ1n) is 8.72. The SMILES string of the molecule is CCCNCc1cnc(C)cc1N1CCC2CCCCC21. The second kappa shape index (κ2) is 6.78. The van der Waals surface area contributed by atoms with Crippen LogP contribution in [-0.4, -0.2) is 24.1 Å². The largest absolute Gasteiger partial charge is 0.368 e. The van der Waals surface area contributed by atoms with Crippen molar-refractivity contribution in [2.24, 2.45) is 5.92 Å². The van der Waals surface area contributed by atoms with Gasteiger partial charge in [0.25, 0.3) is 0 Å². The molecule has 2 fully saturated rings. The minimum Gasteiger partial charge on any atom is -0.368 e. The zero-order valence-electron chi connectivity index (χ0n) is 13.6. The molecule has 0 spiro atoms. The van der Waals surface area contributed by atoms with Crippen LogP contribution < -0.4 is 10.2 Å². The average molecular weight is 287 g/mol. The predicted molar refractivity (Wildman–Crippen MR) is 88.7 cm³/mol. The van der Waals surface area contributed by atoms with Crippen molar-refractivity contribution in [2.75, 3.05) is 18.0 Å². The number of hydrogen-bond acceptors (Lipinski definition) is 3. The molecule has 2 heterocycles. The molecule has 2 unspecified atom stereocenters. The lowest BCUT2D eigenvalue weighted by Crippen LogP contribution is -2.35. The molecule has 3 heteroatoms. The molecule has 1 aliphatic heterocycles. The van der Waals surface area contributed by atoms with Crippen LogP contribution in [0.25, 0.3) is 0 Å². The quantitative estimate of drug-likeness (QED) is 0.838. The zero-order valence-corrected chi connectivity index (χ0v) is 13.6. The number of nitrogens with zero attached hydrogens (tertiary/aromatic N) is 2. The molecule has 3 rings (SSSR count). The Kier molecular flexibility index (Phi) is 4.79. The smallest absolute Gasteiger partial charge is 0.0448 e. The average Bonchev–Trinajstić information content (AvgIpc) is 2.93. The molecule has 2 atom stereocenters. The van der Waals surface area contributed by atoms with Gasteiger partial charge in [-0.3, -0.25) is 4.98 Å². The van der Waals surface area contributed by atoms with Crippen LogP contribution in [0, 0.1) is 12.8 Å². The second-order valence-electron chi connectivity index (χ2n) is 6.73. The highest BCUT2D eigenvalue weighted by Gasteiger charge is 2.36. The van der Waals surface area contributed by atoms with Gasteiger partial charge in [-0.15, -0.1) is 0 Å². The second-order valence-corrected chi connectivity index (χ2v) is 6.73. The zero-order chi connectivity index (χ0) is 14.7. The maximum atomic E-state index is 4.53. The number of aromatic nitrogens is 1. The van der Waals surface area contributed by atoms with Gasteiger partial charge < -0.3 is 10.2 Å². The van der Waals surface area contributed by atoms with E-state index < -0.39 is 0 Å². The third-order valence-electron chi connectivity index (χ3n) is 5.16. The Hall–Kier alpha value is -1.09. The fourth-order valence-corrected chi connectivity index (χ4v) is 4.08. The van der Waals surface area contributed by atoms with E-state index in [9.17, 15) is 0 Å². The Bertz CT molecular complexity index is 472. The molecule has 1 saturated carbocycles. The third kappa shape index (κ3) is 3.23. The third-order valence-corrected chi connectivity index (χ3v) is 5.16. The van der Waals surface area contributed by atoms with Gasteiger partial charge in [0.1, 0.15) is 0 Å². The van der Waals surface area contributed by atoms with Gasteiger partial charge in [0.05, 0.1) is 0 Å². The highest BCUT2D eigenvalue weighted by atomic mass is 15.2. The van der Waals surface area contributed by atoms with E-state index in [0.29, 0.717) is 0 Å². The topological polar surface area (TPSA) is 28.2 Å².